The monoisotopic (exact) mass is 551 g/mol. The van der Waals surface area contributed by atoms with E-state index >= 15 is 0 Å². The first-order chi connectivity index (χ1) is 18.7. The van der Waals surface area contributed by atoms with Gasteiger partial charge in [-0.2, -0.15) is 10.2 Å². The van der Waals surface area contributed by atoms with Crippen molar-refractivity contribution in [2.75, 3.05) is 18.4 Å². The van der Waals surface area contributed by atoms with E-state index in [1.807, 2.05) is 0 Å². The quantitative estimate of drug-likeness (QED) is 0.282. The minimum absolute atomic E-state index is 0.0189. The number of likely N-dealkylation sites (N-methyl/N-ethyl adjacent to an activating group) is 1. The van der Waals surface area contributed by atoms with Crippen LogP contribution in [0.25, 0.3) is 0 Å². The third-order valence-corrected chi connectivity index (χ3v) is 7.75. The van der Waals surface area contributed by atoms with Gasteiger partial charge in [-0.25, -0.2) is 18.2 Å². The van der Waals surface area contributed by atoms with Gasteiger partial charge >= 0.3 is 5.97 Å². The fourth-order valence-electron chi connectivity index (χ4n) is 4.16. The van der Waals surface area contributed by atoms with Crippen LogP contribution in [0.15, 0.2) is 82.0 Å². The van der Waals surface area contributed by atoms with Crippen LogP contribution >= 0.6 is 0 Å². The maximum Gasteiger partial charge on any atom is 0.342 e. The number of benzene rings is 2. The first-order valence-corrected chi connectivity index (χ1v) is 13.9. The molecule has 1 saturated carbocycles. The van der Waals surface area contributed by atoms with Crippen LogP contribution in [0.3, 0.4) is 0 Å². The zero-order valence-corrected chi connectivity index (χ0v) is 22.2. The van der Waals surface area contributed by atoms with Gasteiger partial charge in [0.15, 0.2) is 6.61 Å². The third-order valence-electron chi connectivity index (χ3n) is 6.37. The number of azo groups is 1. The number of anilines is 1. The molecular formula is C27H29N5O6S. The standard InChI is InChI=1S/C27H29N5O6S/c1-32(21-7-3-2-4-8-21)26(34)18-38-27(35)23-17-20(12-15-24(23)33)30-29-19-10-13-22(14-11-19)39(36,37)31-25-9-5-6-16-28-25/h5-6,9-17,21,33H,2-4,7-8,18H2,1H3,(H,28,31). The number of sulfonamides is 1. The molecule has 3 aromatic rings. The van der Waals surface area contributed by atoms with Gasteiger partial charge in [0.25, 0.3) is 15.9 Å². The Morgan fingerprint density at radius 3 is 2.41 bits per heavy atom. The molecule has 0 aliphatic heterocycles. The number of hydrogen-bond donors (Lipinski definition) is 2. The molecule has 1 aliphatic carbocycles. The van der Waals surface area contributed by atoms with Crippen LogP contribution in [0.5, 0.6) is 5.75 Å². The molecule has 1 amide bonds. The maximum atomic E-state index is 12.6. The van der Waals surface area contributed by atoms with Gasteiger partial charge in [0.1, 0.15) is 17.1 Å². The Labute approximate surface area is 226 Å². The predicted octanol–water partition coefficient (Wildman–Crippen LogP) is 4.95. The SMILES string of the molecule is CN(C(=O)COC(=O)c1cc(N=Nc2ccc(S(=O)(=O)Nc3ccccn3)cc2)ccc1O)C1CCCCC1. The Bertz CT molecular complexity index is 1440. The number of hydrogen-bond acceptors (Lipinski definition) is 9. The first-order valence-electron chi connectivity index (χ1n) is 12.4. The summed E-state index contributed by atoms with van der Waals surface area (Å²) in [4.78, 5) is 30.6. The summed E-state index contributed by atoms with van der Waals surface area (Å²) in [6, 6.07) is 14.8. The Morgan fingerprint density at radius 2 is 1.72 bits per heavy atom. The summed E-state index contributed by atoms with van der Waals surface area (Å²) in [6.45, 7) is -0.429. The highest BCUT2D eigenvalue weighted by atomic mass is 32.2. The van der Waals surface area contributed by atoms with Crippen molar-refractivity contribution in [2.24, 2.45) is 10.2 Å². The molecule has 39 heavy (non-hydrogen) atoms. The molecule has 4 rings (SSSR count). The van der Waals surface area contributed by atoms with E-state index in [4.69, 9.17) is 4.74 Å². The van der Waals surface area contributed by atoms with Crippen LogP contribution in [0.4, 0.5) is 17.2 Å². The number of carbonyl (C=O) groups is 2. The molecule has 1 fully saturated rings. The average Bonchev–Trinajstić information content (AvgIpc) is 2.96. The summed E-state index contributed by atoms with van der Waals surface area (Å²) in [6.07, 6.45) is 6.66. The van der Waals surface area contributed by atoms with Crippen molar-refractivity contribution < 1.29 is 27.9 Å². The van der Waals surface area contributed by atoms with Crippen molar-refractivity contribution in [1.82, 2.24) is 9.88 Å². The highest BCUT2D eigenvalue weighted by Gasteiger charge is 2.23. The average molecular weight is 552 g/mol. The smallest absolute Gasteiger partial charge is 0.342 e. The van der Waals surface area contributed by atoms with Gasteiger partial charge in [0.2, 0.25) is 0 Å². The Hall–Kier alpha value is -4.32. The van der Waals surface area contributed by atoms with Gasteiger partial charge in [-0.1, -0.05) is 25.3 Å². The van der Waals surface area contributed by atoms with Crippen molar-refractivity contribution in [3.8, 4) is 5.75 Å². The molecule has 0 spiro atoms. The van der Waals surface area contributed by atoms with E-state index in [0.29, 0.717) is 5.69 Å². The number of amides is 1. The highest BCUT2D eigenvalue weighted by molar-refractivity contribution is 7.92. The molecule has 11 nitrogen and oxygen atoms in total. The minimum Gasteiger partial charge on any atom is -0.507 e. The van der Waals surface area contributed by atoms with E-state index in [-0.39, 0.29) is 39.7 Å². The molecule has 0 bridgehead atoms. The second-order valence-electron chi connectivity index (χ2n) is 9.09. The second kappa shape index (κ2) is 12.5. The van der Waals surface area contributed by atoms with Gasteiger partial charge < -0.3 is 14.7 Å². The summed E-state index contributed by atoms with van der Waals surface area (Å²) in [5.74, 6) is -1.28. The lowest BCUT2D eigenvalue weighted by Crippen LogP contribution is -2.40. The number of ether oxygens (including phenoxy) is 1. The Morgan fingerprint density at radius 1 is 1.03 bits per heavy atom. The fraction of sp³-hybridized carbons (Fsp3) is 0.296. The zero-order valence-electron chi connectivity index (χ0n) is 21.4. The third kappa shape index (κ3) is 7.38. The van der Waals surface area contributed by atoms with Gasteiger partial charge in [-0.15, -0.1) is 0 Å². The van der Waals surface area contributed by atoms with Gasteiger partial charge in [0, 0.05) is 19.3 Å². The molecule has 1 heterocycles. The Balaban J connectivity index is 1.37. The van der Waals surface area contributed by atoms with Crippen LogP contribution < -0.4 is 4.72 Å². The molecule has 0 saturated heterocycles. The highest BCUT2D eigenvalue weighted by Crippen LogP contribution is 2.27. The van der Waals surface area contributed by atoms with Crippen molar-refractivity contribution in [2.45, 2.75) is 43.0 Å². The van der Waals surface area contributed by atoms with Crippen LogP contribution in [-0.2, 0) is 19.6 Å². The second-order valence-corrected chi connectivity index (χ2v) is 10.8. The number of nitrogens with zero attached hydrogens (tertiary/aromatic N) is 4. The topological polar surface area (TPSA) is 151 Å². The molecule has 2 N–H and O–H groups in total. The van der Waals surface area contributed by atoms with Crippen LogP contribution in [0.2, 0.25) is 0 Å². The molecule has 0 unspecified atom stereocenters. The maximum absolute atomic E-state index is 12.6. The van der Waals surface area contributed by atoms with Gasteiger partial charge in [-0.05, 0) is 67.4 Å². The number of esters is 1. The van der Waals surface area contributed by atoms with Crippen LogP contribution in [-0.4, -0.2) is 55.0 Å². The molecule has 12 heteroatoms. The number of rotatable bonds is 9. The normalized spacial score (nSPS) is 14.2. The van der Waals surface area contributed by atoms with E-state index in [1.165, 1.54) is 54.7 Å². The minimum atomic E-state index is -3.83. The molecule has 2 aromatic carbocycles. The van der Waals surface area contributed by atoms with Crippen molar-refractivity contribution in [1.29, 1.82) is 0 Å². The molecule has 204 valence electrons. The van der Waals surface area contributed by atoms with Crippen LogP contribution in [0.1, 0.15) is 42.5 Å². The van der Waals surface area contributed by atoms with Gasteiger partial charge in [0.05, 0.1) is 16.3 Å². The lowest BCUT2D eigenvalue weighted by molar-refractivity contribution is -0.135. The molecule has 1 aromatic heterocycles. The Kier molecular flexibility index (Phi) is 8.87. The van der Waals surface area contributed by atoms with Crippen molar-refractivity contribution >= 4 is 39.1 Å². The first kappa shape index (κ1) is 27.7. The van der Waals surface area contributed by atoms with Gasteiger partial charge in [-0.3, -0.25) is 9.52 Å². The summed E-state index contributed by atoms with van der Waals surface area (Å²) in [5.41, 5.74) is 0.459. The van der Waals surface area contributed by atoms with E-state index in [1.54, 1.807) is 24.1 Å². The molecule has 0 atom stereocenters. The lowest BCUT2D eigenvalue weighted by Gasteiger charge is -2.31. The molecule has 1 aliphatic rings. The fourth-order valence-corrected chi connectivity index (χ4v) is 5.16. The number of pyridine rings is 1. The zero-order chi connectivity index (χ0) is 27.8. The van der Waals surface area contributed by atoms with E-state index in [9.17, 15) is 23.1 Å². The van der Waals surface area contributed by atoms with E-state index < -0.39 is 22.6 Å². The number of phenols is 1. The summed E-state index contributed by atoms with van der Waals surface area (Å²) < 4.78 is 32.6. The summed E-state index contributed by atoms with van der Waals surface area (Å²) in [5, 5.41) is 18.3. The largest absolute Gasteiger partial charge is 0.507 e. The molecular weight excluding hydrogens is 522 g/mol. The number of phenolic OH excluding ortho intramolecular Hbond substituents is 1. The van der Waals surface area contributed by atoms with Crippen LogP contribution in [0, 0.1) is 0 Å². The summed E-state index contributed by atoms with van der Waals surface area (Å²) in [7, 11) is -2.12. The predicted molar refractivity (Wildman–Crippen MR) is 144 cm³/mol. The number of nitrogens with one attached hydrogen (secondary N) is 1. The summed E-state index contributed by atoms with van der Waals surface area (Å²) >= 11 is 0. The van der Waals surface area contributed by atoms with E-state index in [2.05, 4.69) is 19.9 Å². The van der Waals surface area contributed by atoms with E-state index in [0.717, 1.165) is 32.1 Å². The van der Waals surface area contributed by atoms with Crippen molar-refractivity contribution in [3.05, 3.63) is 72.4 Å². The lowest BCUT2D eigenvalue weighted by atomic mass is 9.94. The number of aromatic nitrogens is 1. The number of aromatic hydroxyl groups is 1. The number of carbonyl (C=O) groups excluding carboxylic acids is 2. The van der Waals surface area contributed by atoms with Crippen molar-refractivity contribution in [3.63, 3.8) is 0 Å². The molecule has 0 radical (unpaired) electrons.